The van der Waals surface area contributed by atoms with Crippen LogP contribution in [0.4, 0.5) is 5.69 Å². The molecular formula is C19H26ClN3O4. The molecule has 0 saturated carbocycles. The number of carbonyl (C=O) groups is 3. The number of anilines is 1. The van der Waals surface area contributed by atoms with Gasteiger partial charge in [-0.15, -0.1) is 0 Å². The van der Waals surface area contributed by atoms with Crippen LogP contribution < -0.4 is 10.6 Å². The molecule has 2 N–H and O–H groups in total. The number of hydrogen-bond donors (Lipinski definition) is 2. The molecule has 1 aromatic rings. The minimum absolute atomic E-state index is 0.00149. The molecule has 1 saturated heterocycles. The van der Waals surface area contributed by atoms with Crippen molar-refractivity contribution in [2.75, 3.05) is 31.6 Å². The predicted octanol–water partition coefficient (Wildman–Crippen LogP) is 1.98. The molecule has 1 unspecified atom stereocenters. The fourth-order valence-corrected chi connectivity index (χ4v) is 2.94. The van der Waals surface area contributed by atoms with Crippen LogP contribution in [0.5, 0.6) is 0 Å². The normalized spacial score (nSPS) is 17.5. The second kappa shape index (κ2) is 9.71. The number of esters is 1. The third-order valence-electron chi connectivity index (χ3n) is 4.27. The lowest BCUT2D eigenvalue weighted by Gasteiger charge is -2.34. The lowest BCUT2D eigenvalue weighted by atomic mass is 10.1. The second-order valence-corrected chi connectivity index (χ2v) is 7.43. The molecule has 7 nitrogen and oxygen atoms in total. The van der Waals surface area contributed by atoms with Crippen molar-refractivity contribution in [2.45, 2.75) is 33.2 Å². The van der Waals surface area contributed by atoms with Gasteiger partial charge in [-0.3, -0.25) is 19.3 Å². The Labute approximate surface area is 164 Å². The summed E-state index contributed by atoms with van der Waals surface area (Å²) >= 11 is 6.07. The summed E-state index contributed by atoms with van der Waals surface area (Å²) in [6, 6.07) is 4.56. The number of piperazine rings is 1. The first-order valence-corrected chi connectivity index (χ1v) is 9.38. The van der Waals surface area contributed by atoms with Gasteiger partial charge in [0, 0.05) is 23.8 Å². The van der Waals surface area contributed by atoms with Crippen LogP contribution in [-0.4, -0.2) is 55.0 Å². The first-order valence-electron chi connectivity index (χ1n) is 9.00. The van der Waals surface area contributed by atoms with E-state index in [0.717, 1.165) is 5.56 Å². The lowest BCUT2D eigenvalue weighted by Crippen LogP contribution is -2.57. The van der Waals surface area contributed by atoms with Gasteiger partial charge >= 0.3 is 5.97 Å². The van der Waals surface area contributed by atoms with Crippen molar-refractivity contribution in [3.05, 3.63) is 28.8 Å². The van der Waals surface area contributed by atoms with Crippen molar-refractivity contribution < 1.29 is 19.1 Å². The molecular weight excluding hydrogens is 370 g/mol. The number of benzene rings is 1. The van der Waals surface area contributed by atoms with Gasteiger partial charge in [0.15, 0.2) is 0 Å². The van der Waals surface area contributed by atoms with Crippen LogP contribution in [0.2, 0.25) is 5.02 Å². The summed E-state index contributed by atoms with van der Waals surface area (Å²) in [5, 5.41) is 6.11. The summed E-state index contributed by atoms with van der Waals surface area (Å²) in [4.78, 5) is 38.4. The highest BCUT2D eigenvalue weighted by atomic mass is 35.5. The van der Waals surface area contributed by atoms with Gasteiger partial charge in [0.1, 0.15) is 6.04 Å². The smallest absolute Gasteiger partial charge is 0.307 e. The molecule has 1 aliphatic rings. The zero-order valence-electron chi connectivity index (χ0n) is 15.9. The second-order valence-electron chi connectivity index (χ2n) is 7.02. The van der Waals surface area contributed by atoms with Crippen molar-refractivity contribution in [1.29, 1.82) is 0 Å². The minimum atomic E-state index is -0.718. The SMILES string of the molecule is Cc1c(Cl)cccc1NC(=O)CN1CCNC(=O)C1CC(=O)OCC(C)C. The third-order valence-corrected chi connectivity index (χ3v) is 4.68. The van der Waals surface area contributed by atoms with Crippen LogP contribution in [0.15, 0.2) is 18.2 Å². The molecule has 8 heteroatoms. The molecule has 1 fully saturated rings. The van der Waals surface area contributed by atoms with E-state index in [1.54, 1.807) is 23.1 Å². The molecule has 0 spiro atoms. The maximum atomic E-state index is 12.5. The Kier molecular flexibility index (Phi) is 7.62. The molecule has 2 amide bonds. The van der Waals surface area contributed by atoms with Gasteiger partial charge in [-0.05, 0) is 30.5 Å². The van der Waals surface area contributed by atoms with E-state index in [2.05, 4.69) is 10.6 Å². The Morgan fingerprint density at radius 1 is 1.41 bits per heavy atom. The monoisotopic (exact) mass is 395 g/mol. The van der Waals surface area contributed by atoms with Crippen molar-refractivity contribution >= 4 is 35.1 Å². The molecule has 0 aromatic heterocycles. The van der Waals surface area contributed by atoms with Crippen LogP contribution in [0.1, 0.15) is 25.8 Å². The molecule has 27 heavy (non-hydrogen) atoms. The first-order chi connectivity index (χ1) is 12.8. The highest BCUT2D eigenvalue weighted by molar-refractivity contribution is 6.31. The van der Waals surface area contributed by atoms with E-state index in [-0.39, 0.29) is 30.7 Å². The molecule has 0 aliphatic carbocycles. The highest BCUT2D eigenvalue weighted by Gasteiger charge is 2.33. The van der Waals surface area contributed by atoms with E-state index in [0.29, 0.717) is 30.4 Å². The number of hydrogen-bond acceptors (Lipinski definition) is 5. The highest BCUT2D eigenvalue weighted by Crippen LogP contribution is 2.23. The van der Waals surface area contributed by atoms with Gasteiger partial charge in [0.2, 0.25) is 11.8 Å². The molecule has 148 valence electrons. The maximum Gasteiger partial charge on any atom is 0.307 e. The van der Waals surface area contributed by atoms with Gasteiger partial charge in [0.05, 0.1) is 19.6 Å². The number of nitrogens with zero attached hydrogens (tertiary/aromatic N) is 1. The maximum absolute atomic E-state index is 12.5. The van der Waals surface area contributed by atoms with Gasteiger partial charge in [-0.2, -0.15) is 0 Å². The van der Waals surface area contributed by atoms with Crippen molar-refractivity contribution in [2.24, 2.45) is 5.92 Å². The molecule has 1 atom stereocenters. The fraction of sp³-hybridized carbons (Fsp3) is 0.526. The summed E-state index contributed by atoms with van der Waals surface area (Å²) in [5.74, 6) is -0.760. The number of ether oxygens (including phenoxy) is 1. The number of halogens is 1. The van der Waals surface area contributed by atoms with Crippen molar-refractivity contribution in [3.8, 4) is 0 Å². The van der Waals surface area contributed by atoms with Crippen LogP contribution >= 0.6 is 11.6 Å². The van der Waals surface area contributed by atoms with Crippen LogP contribution in [-0.2, 0) is 19.1 Å². The van der Waals surface area contributed by atoms with Crippen LogP contribution in [0.25, 0.3) is 0 Å². The predicted molar refractivity (Wildman–Crippen MR) is 104 cm³/mol. The number of rotatable bonds is 7. The molecule has 1 aromatic carbocycles. The number of amides is 2. The summed E-state index contributed by atoms with van der Waals surface area (Å²) in [6.45, 7) is 6.92. The Bertz CT molecular complexity index is 708. The summed E-state index contributed by atoms with van der Waals surface area (Å²) in [7, 11) is 0. The molecule has 1 aliphatic heterocycles. The molecule has 0 radical (unpaired) electrons. The zero-order chi connectivity index (χ0) is 20.0. The average Bonchev–Trinajstić information content (AvgIpc) is 2.60. The van der Waals surface area contributed by atoms with Crippen molar-refractivity contribution in [3.63, 3.8) is 0 Å². The largest absolute Gasteiger partial charge is 0.465 e. The van der Waals surface area contributed by atoms with E-state index in [9.17, 15) is 14.4 Å². The lowest BCUT2D eigenvalue weighted by molar-refractivity contribution is -0.149. The van der Waals surface area contributed by atoms with E-state index in [1.807, 2.05) is 20.8 Å². The zero-order valence-corrected chi connectivity index (χ0v) is 16.6. The molecule has 0 bridgehead atoms. The van der Waals surface area contributed by atoms with Crippen molar-refractivity contribution in [1.82, 2.24) is 10.2 Å². The van der Waals surface area contributed by atoms with E-state index >= 15 is 0 Å². The standard InChI is InChI=1S/C19H26ClN3O4/c1-12(2)11-27-18(25)9-16-19(26)21-7-8-23(16)10-17(24)22-15-6-4-5-14(20)13(15)3/h4-6,12,16H,7-11H2,1-3H3,(H,21,26)(H,22,24). The number of carbonyl (C=O) groups excluding carboxylic acids is 3. The fourth-order valence-electron chi connectivity index (χ4n) is 2.77. The van der Waals surface area contributed by atoms with Crippen LogP contribution in [0.3, 0.4) is 0 Å². The quantitative estimate of drug-likeness (QED) is 0.689. The Hall–Kier alpha value is -2.12. The average molecular weight is 396 g/mol. The number of nitrogens with one attached hydrogen (secondary N) is 2. The Morgan fingerprint density at radius 3 is 2.85 bits per heavy atom. The van der Waals surface area contributed by atoms with Gasteiger partial charge in [0.25, 0.3) is 0 Å². The molecule has 1 heterocycles. The topological polar surface area (TPSA) is 87.7 Å². The Morgan fingerprint density at radius 2 is 2.15 bits per heavy atom. The molecule has 2 rings (SSSR count). The summed E-state index contributed by atoms with van der Waals surface area (Å²) < 4.78 is 5.17. The first kappa shape index (κ1) is 21.2. The van der Waals surface area contributed by atoms with Crippen LogP contribution in [0, 0.1) is 12.8 Å². The van der Waals surface area contributed by atoms with Gasteiger partial charge in [-0.25, -0.2) is 0 Å². The Balaban J connectivity index is 1.99. The van der Waals surface area contributed by atoms with Gasteiger partial charge < -0.3 is 15.4 Å². The third kappa shape index (κ3) is 6.22. The van der Waals surface area contributed by atoms with E-state index in [4.69, 9.17) is 16.3 Å². The minimum Gasteiger partial charge on any atom is -0.465 e. The summed E-state index contributed by atoms with van der Waals surface area (Å²) in [5.41, 5.74) is 1.40. The van der Waals surface area contributed by atoms with E-state index in [1.165, 1.54) is 0 Å². The van der Waals surface area contributed by atoms with E-state index < -0.39 is 12.0 Å². The van der Waals surface area contributed by atoms with Gasteiger partial charge in [-0.1, -0.05) is 31.5 Å². The summed E-state index contributed by atoms with van der Waals surface area (Å²) in [6.07, 6.45) is -0.0813.